The number of nitrogens with one attached hydrogen (secondary N) is 1. The number of carbonyl (C=O) groups excluding carboxylic acids is 1. The summed E-state index contributed by atoms with van der Waals surface area (Å²) in [7, 11) is 0. The molecule has 0 aromatic carbocycles. The maximum Gasteiger partial charge on any atom is 0.413 e. The van der Waals surface area contributed by atoms with Crippen LogP contribution in [0.5, 0.6) is 0 Å². The molecule has 126 valence electrons. The zero-order valence-electron chi connectivity index (χ0n) is 12.6. The summed E-state index contributed by atoms with van der Waals surface area (Å²) >= 11 is 0. The van der Waals surface area contributed by atoms with Gasteiger partial charge in [-0.3, -0.25) is 9.88 Å². The first-order valence-electron chi connectivity index (χ1n) is 7.05. The molecule has 9 nitrogen and oxygen atoms in total. The Morgan fingerprint density at radius 2 is 2.43 bits per heavy atom. The molecule has 0 unspecified atom stereocenters. The first-order chi connectivity index (χ1) is 11.0. The molecule has 1 amide bonds. The third-order valence-corrected chi connectivity index (χ3v) is 3.38. The van der Waals surface area contributed by atoms with Crippen molar-refractivity contribution < 1.29 is 24.5 Å². The molecule has 1 aliphatic rings. The molecule has 3 atom stereocenters. The summed E-state index contributed by atoms with van der Waals surface area (Å²) in [6.45, 7) is 4.77. The van der Waals surface area contributed by atoms with Gasteiger partial charge in [0.15, 0.2) is 0 Å². The van der Waals surface area contributed by atoms with E-state index in [-0.39, 0.29) is 25.5 Å². The van der Waals surface area contributed by atoms with Crippen LogP contribution >= 0.6 is 0 Å². The van der Waals surface area contributed by atoms with Crippen LogP contribution < -0.4 is 11.0 Å². The molecule has 2 heterocycles. The third-order valence-electron chi connectivity index (χ3n) is 3.38. The molecule has 0 bridgehead atoms. The molecule has 9 heteroatoms. The molecule has 0 radical (unpaired) electrons. The van der Waals surface area contributed by atoms with Crippen LogP contribution in [0.4, 0.5) is 10.6 Å². The van der Waals surface area contributed by atoms with E-state index in [1.54, 1.807) is 6.92 Å². The van der Waals surface area contributed by atoms with Crippen molar-refractivity contribution in [2.45, 2.75) is 31.8 Å². The lowest BCUT2D eigenvalue weighted by molar-refractivity contribution is -0.0459. The predicted molar refractivity (Wildman–Crippen MR) is 80.0 cm³/mol. The molecule has 0 spiro atoms. The zero-order valence-corrected chi connectivity index (χ0v) is 12.6. The molecular weight excluding hydrogens is 306 g/mol. The van der Waals surface area contributed by atoms with E-state index in [1.165, 1.54) is 16.8 Å². The Balaban J connectivity index is 2.16. The first kappa shape index (κ1) is 17.1. The molecule has 1 aromatic heterocycles. The number of ether oxygens (including phenoxy) is 2. The van der Waals surface area contributed by atoms with E-state index in [1.807, 2.05) is 0 Å². The van der Waals surface area contributed by atoms with Gasteiger partial charge >= 0.3 is 11.8 Å². The number of aliphatic hydroxyl groups is 2. The first-order valence-corrected chi connectivity index (χ1v) is 7.05. The monoisotopic (exact) mass is 325 g/mol. The van der Waals surface area contributed by atoms with Gasteiger partial charge in [-0.25, -0.2) is 9.59 Å². The number of rotatable bonds is 5. The van der Waals surface area contributed by atoms with Gasteiger partial charge in [-0.05, 0) is 6.92 Å². The van der Waals surface area contributed by atoms with Crippen molar-refractivity contribution in [3.8, 4) is 0 Å². The Bertz CT molecular complexity index is 644. The molecule has 1 aromatic rings. The topological polar surface area (TPSA) is 123 Å². The van der Waals surface area contributed by atoms with Crippen LogP contribution in [-0.4, -0.2) is 51.3 Å². The quantitative estimate of drug-likeness (QED) is 0.647. The highest BCUT2D eigenvalue weighted by atomic mass is 16.5. The highest BCUT2D eigenvalue weighted by Crippen LogP contribution is 2.27. The van der Waals surface area contributed by atoms with Crippen molar-refractivity contribution in [2.24, 2.45) is 0 Å². The summed E-state index contributed by atoms with van der Waals surface area (Å²) in [6.07, 6.45) is -0.00957. The molecule has 1 aliphatic heterocycles. The fraction of sp³-hybridized carbons (Fsp3) is 0.500. The lowest BCUT2D eigenvalue weighted by Crippen LogP contribution is -2.29. The number of amides is 1. The summed E-state index contributed by atoms with van der Waals surface area (Å²) in [6, 6.07) is 0. The van der Waals surface area contributed by atoms with Crippen molar-refractivity contribution in [3.63, 3.8) is 0 Å². The Morgan fingerprint density at radius 1 is 1.70 bits per heavy atom. The summed E-state index contributed by atoms with van der Waals surface area (Å²) < 4.78 is 11.4. The predicted octanol–water partition coefficient (Wildman–Crippen LogP) is -0.0731. The number of hydrogen-bond donors (Lipinski definition) is 3. The fourth-order valence-corrected chi connectivity index (χ4v) is 2.22. The number of nitrogens with zero attached hydrogens (tertiary/aromatic N) is 2. The Morgan fingerprint density at radius 3 is 3.04 bits per heavy atom. The Kier molecular flexibility index (Phi) is 5.48. The standard InChI is InChI=1S/C14H19N3O6/c1-3-4-22-14(21)16-12-8(2)6-17(13(20)15-12)11-5-9(19)10(7-18)23-11/h3,6,9-11,18-19H,1,4-5,7H2,2H3,(H,15,16,20,21)/t9-,10+,11+/m0/s1. The smallest absolute Gasteiger partial charge is 0.413 e. The second kappa shape index (κ2) is 7.36. The minimum atomic E-state index is -0.858. The van der Waals surface area contributed by atoms with E-state index in [2.05, 4.69) is 16.9 Å². The van der Waals surface area contributed by atoms with Crippen LogP contribution in [0.3, 0.4) is 0 Å². The van der Waals surface area contributed by atoms with Crippen LogP contribution in [0.25, 0.3) is 0 Å². The van der Waals surface area contributed by atoms with Crippen molar-refractivity contribution in [1.82, 2.24) is 9.55 Å². The summed E-state index contributed by atoms with van der Waals surface area (Å²) in [5.74, 6) is 0.0811. The number of aromatic nitrogens is 2. The number of aliphatic hydroxyl groups excluding tert-OH is 2. The molecule has 0 aliphatic carbocycles. The lowest BCUT2D eigenvalue weighted by Gasteiger charge is -2.16. The van der Waals surface area contributed by atoms with Gasteiger partial charge in [0.2, 0.25) is 0 Å². The molecular formula is C14H19N3O6. The Hall–Kier alpha value is -2.23. The maximum absolute atomic E-state index is 12.1. The largest absolute Gasteiger partial charge is 0.445 e. The summed E-state index contributed by atoms with van der Waals surface area (Å²) in [5.41, 5.74) is -0.129. The van der Waals surface area contributed by atoms with Gasteiger partial charge in [0.1, 0.15) is 24.8 Å². The number of hydrogen-bond acceptors (Lipinski definition) is 7. The van der Waals surface area contributed by atoms with E-state index in [0.29, 0.717) is 5.56 Å². The van der Waals surface area contributed by atoms with Gasteiger partial charge in [-0.1, -0.05) is 12.7 Å². The second-order valence-corrected chi connectivity index (χ2v) is 5.09. The average Bonchev–Trinajstić information content (AvgIpc) is 2.89. The maximum atomic E-state index is 12.1. The molecule has 23 heavy (non-hydrogen) atoms. The molecule has 1 fully saturated rings. The van der Waals surface area contributed by atoms with Gasteiger partial charge in [0.25, 0.3) is 0 Å². The Labute approximate surface area is 132 Å². The van der Waals surface area contributed by atoms with E-state index >= 15 is 0 Å². The third kappa shape index (κ3) is 3.95. The molecule has 1 saturated heterocycles. The van der Waals surface area contributed by atoms with Crippen molar-refractivity contribution in [2.75, 3.05) is 18.5 Å². The van der Waals surface area contributed by atoms with E-state index < -0.39 is 30.2 Å². The normalized spacial score (nSPS) is 23.5. The van der Waals surface area contributed by atoms with E-state index in [0.717, 1.165) is 0 Å². The fourth-order valence-electron chi connectivity index (χ4n) is 2.22. The SMILES string of the molecule is C=CCOC(=O)Nc1nc(=O)n([C@H]2C[C@H](O)[C@@H](CO)O2)cc1C. The highest BCUT2D eigenvalue weighted by Gasteiger charge is 2.35. The van der Waals surface area contributed by atoms with Gasteiger partial charge in [0, 0.05) is 18.2 Å². The summed E-state index contributed by atoms with van der Waals surface area (Å²) in [5, 5.41) is 21.2. The van der Waals surface area contributed by atoms with Crippen LogP contribution in [-0.2, 0) is 9.47 Å². The number of anilines is 1. The minimum Gasteiger partial charge on any atom is -0.445 e. The van der Waals surface area contributed by atoms with E-state index in [4.69, 9.17) is 14.6 Å². The second-order valence-electron chi connectivity index (χ2n) is 5.09. The average molecular weight is 325 g/mol. The lowest BCUT2D eigenvalue weighted by atomic mass is 10.2. The van der Waals surface area contributed by atoms with Crippen molar-refractivity contribution in [3.05, 3.63) is 34.9 Å². The van der Waals surface area contributed by atoms with Gasteiger partial charge in [0.05, 0.1) is 12.7 Å². The number of aryl methyl sites for hydroxylation is 1. The molecule has 2 rings (SSSR count). The van der Waals surface area contributed by atoms with E-state index in [9.17, 15) is 14.7 Å². The summed E-state index contributed by atoms with van der Waals surface area (Å²) in [4.78, 5) is 27.4. The van der Waals surface area contributed by atoms with Crippen LogP contribution in [0.2, 0.25) is 0 Å². The number of carbonyl (C=O) groups is 1. The van der Waals surface area contributed by atoms with Gasteiger partial charge in [-0.2, -0.15) is 4.98 Å². The molecule has 3 N–H and O–H groups in total. The highest BCUT2D eigenvalue weighted by molar-refractivity contribution is 5.84. The van der Waals surface area contributed by atoms with Crippen LogP contribution in [0.15, 0.2) is 23.6 Å². The minimum absolute atomic E-state index is 0.0400. The van der Waals surface area contributed by atoms with Crippen LogP contribution in [0.1, 0.15) is 18.2 Å². The van der Waals surface area contributed by atoms with Crippen molar-refractivity contribution in [1.29, 1.82) is 0 Å². The molecule has 0 saturated carbocycles. The van der Waals surface area contributed by atoms with Crippen LogP contribution in [0, 0.1) is 6.92 Å². The van der Waals surface area contributed by atoms with Crippen molar-refractivity contribution >= 4 is 11.9 Å². The van der Waals surface area contributed by atoms with Gasteiger partial charge in [-0.15, -0.1) is 0 Å². The van der Waals surface area contributed by atoms with Gasteiger partial charge < -0.3 is 19.7 Å². The zero-order chi connectivity index (χ0) is 17.0.